The number of esters is 1. The first kappa shape index (κ1) is 23.6. The molecular weight excluding hydrogens is 511 g/mol. The lowest BCUT2D eigenvalue weighted by Gasteiger charge is -2.37. The van der Waals surface area contributed by atoms with E-state index >= 15 is 0 Å². The van der Waals surface area contributed by atoms with Crippen LogP contribution in [0.15, 0.2) is 29.2 Å². The molecule has 1 aromatic carbocycles. The maximum absolute atomic E-state index is 13.0. The number of fused-ring (bicyclic) bond motifs is 1. The van der Waals surface area contributed by atoms with Crippen molar-refractivity contribution in [2.75, 3.05) is 13.2 Å². The number of nitrogens with zero attached hydrogens (tertiary/aromatic N) is 2. The predicted molar refractivity (Wildman–Crippen MR) is 127 cm³/mol. The fourth-order valence-corrected chi connectivity index (χ4v) is 4.34. The lowest BCUT2D eigenvalue weighted by Crippen LogP contribution is -2.48. The van der Waals surface area contributed by atoms with E-state index in [0.29, 0.717) is 18.5 Å². The Bertz CT molecular complexity index is 1040. The number of amides is 1. The summed E-state index contributed by atoms with van der Waals surface area (Å²) in [6, 6.07) is 5.50. The number of pyridine rings is 1. The van der Waals surface area contributed by atoms with Crippen LogP contribution >= 0.6 is 22.6 Å². The number of hydrogen-bond acceptors (Lipinski definition) is 5. The van der Waals surface area contributed by atoms with Gasteiger partial charge in [-0.05, 0) is 87.7 Å². The van der Waals surface area contributed by atoms with Gasteiger partial charge >= 0.3 is 12.1 Å². The Balaban J connectivity index is 2.02. The van der Waals surface area contributed by atoms with Crippen molar-refractivity contribution in [3.8, 4) is 0 Å². The summed E-state index contributed by atoms with van der Waals surface area (Å²) in [5, 5.41) is 0.470. The lowest BCUT2D eigenvalue weighted by atomic mass is 10.0. The molecule has 2 aromatic rings. The Morgan fingerprint density at radius 3 is 2.65 bits per heavy atom. The maximum atomic E-state index is 13.0. The maximum Gasteiger partial charge on any atom is 0.410 e. The van der Waals surface area contributed by atoms with Gasteiger partial charge in [-0.15, -0.1) is 0 Å². The van der Waals surface area contributed by atoms with Crippen LogP contribution in [0.25, 0.3) is 10.9 Å². The SMILES string of the molecule is CCOC(=O)c1cn(CC2CCCCN2C(=O)OC(C)(C)C)c2ccc(I)cc2c1=O. The molecule has 1 fully saturated rings. The smallest absolute Gasteiger partial charge is 0.410 e. The van der Waals surface area contributed by atoms with Gasteiger partial charge in [0, 0.05) is 28.2 Å². The molecule has 0 spiro atoms. The van der Waals surface area contributed by atoms with Gasteiger partial charge < -0.3 is 18.9 Å². The van der Waals surface area contributed by atoms with E-state index in [-0.39, 0.29) is 29.7 Å². The van der Waals surface area contributed by atoms with Gasteiger partial charge in [-0.3, -0.25) is 4.79 Å². The Morgan fingerprint density at radius 2 is 1.97 bits per heavy atom. The number of piperidine rings is 1. The molecule has 1 aromatic heterocycles. The second-order valence-electron chi connectivity index (χ2n) is 8.73. The summed E-state index contributed by atoms with van der Waals surface area (Å²) >= 11 is 2.15. The molecule has 0 N–H and O–H groups in total. The molecule has 1 saturated heterocycles. The highest BCUT2D eigenvalue weighted by molar-refractivity contribution is 14.1. The highest BCUT2D eigenvalue weighted by atomic mass is 127. The quantitative estimate of drug-likeness (QED) is 0.420. The third-order valence-electron chi connectivity index (χ3n) is 5.20. The van der Waals surface area contributed by atoms with Crippen LogP contribution in [0.1, 0.15) is 57.3 Å². The van der Waals surface area contributed by atoms with E-state index in [1.54, 1.807) is 24.1 Å². The zero-order valence-electron chi connectivity index (χ0n) is 18.4. The molecule has 7 nitrogen and oxygen atoms in total. The molecule has 0 radical (unpaired) electrons. The Labute approximate surface area is 195 Å². The van der Waals surface area contributed by atoms with Gasteiger partial charge in [0.2, 0.25) is 5.43 Å². The fraction of sp³-hybridized carbons (Fsp3) is 0.522. The first-order valence-corrected chi connectivity index (χ1v) is 11.7. The van der Waals surface area contributed by atoms with Crippen molar-refractivity contribution in [3.63, 3.8) is 0 Å². The van der Waals surface area contributed by atoms with Gasteiger partial charge in [0.05, 0.1) is 18.2 Å². The van der Waals surface area contributed by atoms with Crippen LogP contribution in [0.2, 0.25) is 0 Å². The Hall–Kier alpha value is -2.10. The first-order chi connectivity index (χ1) is 14.6. The number of carbonyl (C=O) groups is 2. The topological polar surface area (TPSA) is 77.8 Å². The number of benzene rings is 1. The molecule has 0 saturated carbocycles. The first-order valence-electron chi connectivity index (χ1n) is 10.6. The van der Waals surface area contributed by atoms with Crippen LogP contribution in [0.3, 0.4) is 0 Å². The molecule has 1 aliphatic rings. The molecule has 1 amide bonds. The molecule has 168 valence electrons. The fourth-order valence-electron chi connectivity index (χ4n) is 3.85. The summed E-state index contributed by atoms with van der Waals surface area (Å²) in [4.78, 5) is 40.0. The van der Waals surface area contributed by atoms with Crippen molar-refractivity contribution in [1.82, 2.24) is 9.47 Å². The second-order valence-corrected chi connectivity index (χ2v) is 9.98. The molecule has 1 unspecified atom stereocenters. The monoisotopic (exact) mass is 540 g/mol. The van der Waals surface area contributed by atoms with E-state index < -0.39 is 11.6 Å². The van der Waals surface area contributed by atoms with Gasteiger partial charge in [0.25, 0.3) is 0 Å². The highest BCUT2D eigenvalue weighted by Crippen LogP contribution is 2.24. The molecular formula is C23H29IN2O5. The average molecular weight is 540 g/mol. The third-order valence-corrected chi connectivity index (χ3v) is 5.87. The molecule has 2 heterocycles. The average Bonchev–Trinajstić information content (AvgIpc) is 2.69. The lowest BCUT2D eigenvalue weighted by molar-refractivity contribution is 0.00786. The van der Waals surface area contributed by atoms with Crippen LogP contribution in [0.5, 0.6) is 0 Å². The van der Waals surface area contributed by atoms with E-state index in [1.807, 2.05) is 37.5 Å². The molecule has 1 atom stereocenters. The van der Waals surface area contributed by atoms with Crippen molar-refractivity contribution < 1.29 is 19.1 Å². The summed E-state index contributed by atoms with van der Waals surface area (Å²) < 4.78 is 13.5. The van der Waals surface area contributed by atoms with Crippen molar-refractivity contribution in [2.45, 2.75) is 65.1 Å². The van der Waals surface area contributed by atoms with Crippen LogP contribution in [0.4, 0.5) is 4.79 Å². The number of rotatable bonds is 4. The molecule has 31 heavy (non-hydrogen) atoms. The molecule has 0 bridgehead atoms. The second kappa shape index (κ2) is 9.58. The van der Waals surface area contributed by atoms with Crippen LogP contribution < -0.4 is 5.43 Å². The summed E-state index contributed by atoms with van der Waals surface area (Å²) in [7, 11) is 0. The predicted octanol–water partition coefficient (Wildman–Crippen LogP) is 4.57. The van der Waals surface area contributed by atoms with E-state index in [9.17, 15) is 14.4 Å². The minimum Gasteiger partial charge on any atom is -0.462 e. The van der Waals surface area contributed by atoms with Gasteiger partial charge in [0.15, 0.2) is 0 Å². The van der Waals surface area contributed by atoms with Crippen LogP contribution in [-0.4, -0.2) is 46.3 Å². The van der Waals surface area contributed by atoms with Crippen molar-refractivity contribution in [1.29, 1.82) is 0 Å². The van der Waals surface area contributed by atoms with Gasteiger partial charge in [0.1, 0.15) is 11.2 Å². The zero-order chi connectivity index (χ0) is 22.8. The van der Waals surface area contributed by atoms with E-state index in [4.69, 9.17) is 9.47 Å². The molecule has 8 heteroatoms. The molecule has 0 aliphatic carbocycles. The number of likely N-dealkylation sites (tertiary alicyclic amines) is 1. The van der Waals surface area contributed by atoms with Gasteiger partial charge in [-0.25, -0.2) is 9.59 Å². The molecule has 3 rings (SSSR count). The van der Waals surface area contributed by atoms with Gasteiger partial charge in [-0.2, -0.15) is 0 Å². The number of halogens is 1. The van der Waals surface area contributed by atoms with E-state index in [2.05, 4.69) is 22.6 Å². The van der Waals surface area contributed by atoms with Crippen LogP contribution in [0, 0.1) is 3.57 Å². The number of aromatic nitrogens is 1. The standard InChI is InChI=1S/C23H29IN2O5/c1-5-30-21(28)18-14-25(19-10-9-15(24)12-17(19)20(18)27)13-16-8-6-7-11-26(16)22(29)31-23(2,3)4/h9-10,12,14,16H,5-8,11,13H2,1-4H3. The van der Waals surface area contributed by atoms with E-state index in [0.717, 1.165) is 28.3 Å². The van der Waals surface area contributed by atoms with Crippen molar-refractivity contribution in [2.24, 2.45) is 0 Å². The van der Waals surface area contributed by atoms with Crippen molar-refractivity contribution >= 4 is 45.6 Å². The number of hydrogen-bond donors (Lipinski definition) is 0. The number of ether oxygens (including phenoxy) is 2. The van der Waals surface area contributed by atoms with Crippen LogP contribution in [-0.2, 0) is 16.0 Å². The Kier molecular flexibility index (Phi) is 7.28. The minimum atomic E-state index is -0.630. The largest absolute Gasteiger partial charge is 0.462 e. The van der Waals surface area contributed by atoms with E-state index in [1.165, 1.54) is 0 Å². The third kappa shape index (κ3) is 5.58. The summed E-state index contributed by atoms with van der Waals surface area (Å²) in [6.07, 6.45) is 3.99. The Morgan fingerprint density at radius 1 is 1.23 bits per heavy atom. The number of carbonyl (C=O) groups excluding carboxylic acids is 2. The zero-order valence-corrected chi connectivity index (χ0v) is 20.6. The summed E-state index contributed by atoms with van der Waals surface area (Å²) in [6.45, 7) is 8.55. The molecule has 1 aliphatic heterocycles. The summed E-state index contributed by atoms with van der Waals surface area (Å²) in [5.41, 5.74) is -0.170. The van der Waals surface area contributed by atoms with Gasteiger partial charge in [-0.1, -0.05) is 0 Å². The minimum absolute atomic E-state index is 0.0102. The summed E-state index contributed by atoms with van der Waals surface area (Å²) in [5.74, 6) is -0.630. The highest BCUT2D eigenvalue weighted by Gasteiger charge is 2.31. The normalized spacial score (nSPS) is 16.9. The van der Waals surface area contributed by atoms with Crippen molar-refractivity contribution in [3.05, 3.63) is 43.8 Å².